The summed E-state index contributed by atoms with van der Waals surface area (Å²) in [7, 11) is 0. The van der Waals surface area contributed by atoms with Crippen LogP contribution in [-0.4, -0.2) is 22.8 Å². The summed E-state index contributed by atoms with van der Waals surface area (Å²) in [4.78, 5) is 21.9. The molecular weight excluding hydrogens is 282 g/mol. The molecule has 0 spiro atoms. The number of carbonyl (C=O) groups is 2. The number of hydrogen-bond acceptors (Lipinski definition) is 3. The van der Waals surface area contributed by atoms with Gasteiger partial charge in [0, 0.05) is 17.7 Å². The molecule has 0 bridgehead atoms. The zero-order valence-electron chi connectivity index (χ0n) is 11.1. The minimum Gasteiger partial charge on any atom is -0.481 e. The van der Waals surface area contributed by atoms with Crippen LogP contribution in [0.4, 0.5) is 5.69 Å². The van der Waals surface area contributed by atoms with E-state index in [2.05, 4.69) is 5.32 Å². The molecule has 0 fully saturated rings. The first-order chi connectivity index (χ1) is 8.93. The number of rotatable bonds is 6. The fraction of sp³-hybridized carbons (Fsp3) is 0.308. The Kier molecular flexibility index (Phi) is 7.31. The fourth-order valence-electron chi connectivity index (χ4n) is 1.61. The zero-order chi connectivity index (χ0) is 14.4. The van der Waals surface area contributed by atoms with Gasteiger partial charge in [0.15, 0.2) is 0 Å². The van der Waals surface area contributed by atoms with Crippen LogP contribution in [0, 0.1) is 5.41 Å². The third-order valence-electron chi connectivity index (χ3n) is 2.64. The van der Waals surface area contributed by atoms with Crippen molar-refractivity contribution in [3.63, 3.8) is 0 Å². The van der Waals surface area contributed by atoms with E-state index >= 15 is 0 Å². The molecule has 6 nitrogen and oxygen atoms in total. The van der Waals surface area contributed by atoms with E-state index in [4.69, 9.17) is 16.2 Å². The van der Waals surface area contributed by atoms with Crippen molar-refractivity contribution >= 4 is 35.8 Å². The molecule has 1 aromatic rings. The molecule has 0 aliphatic carbocycles. The molecule has 0 radical (unpaired) electrons. The second kappa shape index (κ2) is 8.16. The minimum atomic E-state index is -1.00. The number of aliphatic carboxylic acids is 1. The lowest BCUT2D eigenvalue weighted by Gasteiger charge is -2.11. The highest BCUT2D eigenvalue weighted by Crippen LogP contribution is 2.18. The number of amidine groups is 1. The lowest BCUT2D eigenvalue weighted by atomic mass is 10.1. The van der Waals surface area contributed by atoms with Crippen molar-refractivity contribution in [1.82, 2.24) is 0 Å². The molecule has 0 saturated carbocycles. The van der Waals surface area contributed by atoms with Crippen molar-refractivity contribution in [2.45, 2.75) is 26.2 Å². The highest BCUT2D eigenvalue weighted by Gasteiger charge is 2.09. The van der Waals surface area contributed by atoms with Gasteiger partial charge in [-0.25, -0.2) is 0 Å². The summed E-state index contributed by atoms with van der Waals surface area (Å²) in [6, 6.07) is 5.07. The van der Waals surface area contributed by atoms with Gasteiger partial charge < -0.3 is 16.2 Å². The average molecular weight is 300 g/mol. The van der Waals surface area contributed by atoms with Gasteiger partial charge in [-0.3, -0.25) is 15.0 Å². The lowest BCUT2D eigenvalue weighted by molar-refractivity contribution is -0.138. The number of anilines is 1. The van der Waals surface area contributed by atoms with Gasteiger partial charge in [0.05, 0.1) is 6.42 Å². The largest absolute Gasteiger partial charge is 0.481 e. The number of carboxylic acids is 1. The normalized spacial score (nSPS) is 9.45. The summed E-state index contributed by atoms with van der Waals surface area (Å²) in [5.41, 5.74) is 7.48. The number of carbonyl (C=O) groups excluding carboxylic acids is 1. The van der Waals surface area contributed by atoms with Gasteiger partial charge >= 0.3 is 5.97 Å². The van der Waals surface area contributed by atoms with E-state index in [0.29, 0.717) is 17.7 Å². The molecule has 0 heterocycles. The van der Waals surface area contributed by atoms with Crippen LogP contribution < -0.4 is 11.1 Å². The summed E-state index contributed by atoms with van der Waals surface area (Å²) in [6.07, 6.45) is 0.418. The Morgan fingerprint density at radius 2 is 2.00 bits per heavy atom. The maximum Gasteiger partial charge on any atom is 0.303 e. The van der Waals surface area contributed by atoms with Crippen LogP contribution in [-0.2, 0) is 16.0 Å². The molecule has 0 unspecified atom stereocenters. The Bertz CT molecular complexity index is 518. The van der Waals surface area contributed by atoms with Gasteiger partial charge in [-0.1, -0.05) is 6.92 Å². The molecule has 0 aromatic heterocycles. The summed E-state index contributed by atoms with van der Waals surface area (Å²) >= 11 is 0. The topological polar surface area (TPSA) is 116 Å². The molecule has 110 valence electrons. The monoisotopic (exact) mass is 299 g/mol. The van der Waals surface area contributed by atoms with Crippen LogP contribution >= 0.6 is 12.4 Å². The minimum absolute atomic E-state index is 0. The zero-order valence-corrected chi connectivity index (χ0v) is 11.9. The van der Waals surface area contributed by atoms with Gasteiger partial charge in [0.25, 0.3) is 0 Å². The van der Waals surface area contributed by atoms with E-state index < -0.39 is 5.97 Å². The highest BCUT2D eigenvalue weighted by atomic mass is 35.5. The number of halogens is 1. The number of aryl methyl sites for hydroxylation is 1. The smallest absolute Gasteiger partial charge is 0.303 e. The van der Waals surface area contributed by atoms with Gasteiger partial charge in [0.1, 0.15) is 5.84 Å². The summed E-state index contributed by atoms with van der Waals surface area (Å²) in [5, 5.41) is 18.5. The van der Waals surface area contributed by atoms with Crippen molar-refractivity contribution in [2.75, 3.05) is 5.32 Å². The summed E-state index contributed by atoms with van der Waals surface area (Å²) < 4.78 is 0. The Hall–Kier alpha value is -2.08. The van der Waals surface area contributed by atoms with Crippen LogP contribution in [0.1, 0.15) is 30.9 Å². The second-order valence-corrected chi connectivity index (χ2v) is 4.08. The van der Waals surface area contributed by atoms with E-state index in [1.54, 1.807) is 18.2 Å². The van der Waals surface area contributed by atoms with E-state index in [9.17, 15) is 9.59 Å². The third-order valence-corrected chi connectivity index (χ3v) is 2.64. The van der Waals surface area contributed by atoms with Crippen molar-refractivity contribution < 1.29 is 14.7 Å². The quantitative estimate of drug-likeness (QED) is 0.473. The number of nitrogens with two attached hydrogens (primary N) is 1. The predicted octanol–water partition coefficient (Wildman–Crippen LogP) is 1.76. The van der Waals surface area contributed by atoms with E-state index in [-0.39, 0.29) is 37.0 Å². The molecule has 20 heavy (non-hydrogen) atoms. The number of hydrogen-bond donors (Lipinski definition) is 4. The van der Waals surface area contributed by atoms with E-state index in [1.165, 1.54) is 0 Å². The van der Waals surface area contributed by atoms with Crippen LogP contribution in [0.5, 0.6) is 0 Å². The number of nitrogens with one attached hydrogen (secondary N) is 2. The number of benzene rings is 1. The summed E-state index contributed by atoms with van der Waals surface area (Å²) in [5.74, 6) is -1.37. The van der Waals surface area contributed by atoms with Crippen molar-refractivity contribution in [3.05, 3.63) is 29.3 Å². The molecule has 0 atom stereocenters. The maximum absolute atomic E-state index is 11.6. The fourth-order valence-corrected chi connectivity index (χ4v) is 1.61. The highest BCUT2D eigenvalue weighted by molar-refractivity contribution is 5.97. The SMILES string of the molecule is CCc1cc(C(=N)N)ccc1NC(=O)CCC(=O)O.Cl. The van der Waals surface area contributed by atoms with Crippen molar-refractivity contribution in [3.8, 4) is 0 Å². The molecular formula is C13H18ClN3O3. The van der Waals surface area contributed by atoms with Gasteiger partial charge in [-0.05, 0) is 30.2 Å². The van der Waals surface area contributed by atoms with Crippen molar-refractivity contribution in [1.29, 1.82) is 5.41 Å². The third kappa shape index (κ3) is 5.27. The first-order valence-electron chi connectivity index (χ1n) is 5.93. The molecule has 7 heteroatoms. The first-order valence-corrected chi connectivity index (χ1v) is 5.93. The van der Waals surface area contributed by atoms with Crippen LogP contribution in [0.2, 0.25) is 0 Å². The molecule has 0 saturated heterocycles. The Morgan fingerprint density at radius 1 is 1.35 bits per heavy atom. The van der Waals surface area contributed by atoms with Gasteiger partial charge in [0.2, 0.25) is 5.91 Å². The van der Waals surface area contributed by atoms with Crippen LogP contribution in [0.3, 0.4) is 0 Å². The number of amides is 1. The Morgan fingerprint density at radius 3 is 2.50 bits per heavy atom. The average Bonchev–Trinajstić information content (AvgIpc) is 2.36. The molecule has 5 N–H and O–H groups in total. The summed E-state index contributed by atoms with van der Waals surface area (Å²) in [6.45, 7) is 1.92. The molecule has 1 amide bonds. The van der Waals surface area contributed by atoms with Gasteiger partial charge in [-0.2, -0.15) is 0 Å². The van der Waals surface area contributed by atoms with Crippen LogP contribution in [0.15, 0.2) is 18.2 Å². The van der Waals surface area contributed by atoms with Gasteiger partial charge in [-0.15, -0.1) is 12.4 Å². The predicted molar refractivity (Wildman–Crippen MR) is 79.6 cm³/mol. The Labute approximate surface area is 123 Å². The van der Waals surface area contributed by atoms with E-state index in [0.717, 1.165) is 5.56 Å². The molecule has 0 aliphatic heterocycles. The second-order valence-electron chi connectivity index (χ2n) is 4.08. The van der Waals surface area contributed by atoms with E-state index in [1.807, 2.05) is 6.92 Å². The molecule has 1 rings (SSSR count). The molecule has 1 aromatic carbocycles. The molecule has 0 aliphatic rings. The standard InChI is InChI=1S/C13H17N3O3.ClH/c1-2-8-7-9(13(14)15)3-4-10(8)16-11(17)5-6-12(18)19;/h3-4,7H,2,5-6H2,1H3,(H3,14,15)(H,16,17)(H,18,19);1H. The van der Waals surface area contributed by atoms with Crippen molar-refractivity contribution in [2.24, 2.45) is 5.73 Å². The first kappa shape index (κ1) is 17.9. The Balaban J connectivity index is 0.00000361. The lowest BCUT2D eigenvalue weighted by Crippen LogP contribution is -2.16. The van der Waals surface area contributed by atoms with Crippen LogP contribution in [0.25, 0.3) is 0 Å². The maximum atomic E-state index is 11.6. The number of carboxylic acid groups (broad SMARTS) is 1. The number of nitrogen functional groups attached to an aromatic ring is 1.